The van der Waals surface area contributed by atoms with Gasteiger partial charge in [-0.25, -0.2) is 4.98 Å². The number of aromatic nitrogens is 2. The predicted molar refractivity (Wildman–Crippen MR) is 79.0 cm³/mol. The molecule has 0 atom stereocenters. The lowest BCUT2D eigenvalue weighted by Crippen LogP contribution is -1.83. The number of rotatable bonds is 1. The second kappa shape index (κ2) is 3.95. The first kappa shape index (κ1) is 10.3. The smallest absolute Gasteiger partial charge is 0.137 e. The van der Waals surface area contributed by atoms with Gasteiger partial charge in [-0.2, -0.15) is 0 Å². The van der Waals surface area contributed by atoms with Gasteiger partial charge in [-0.3, -0.25) is 0 Å². The van der Waals surface area contributed by atoms with Gasteiger partial charge in [0.25, 0.3) is 0 Å². The van der Waals surface area contributed by atoms with Gasteiger partial charge in [0, 0.05) is 23.3 Å². The molecule has 4 rings (SSSR count). The fraction of sp³-hybridized carbons (Fsp3) is 0. The lowest BCUT2D eigenvalue weighted by atomic mass is 9.99. The largest absolute Gasteiger partial charge is 0.346 e. The quantitative estimate of drug-likeness (QED) is 0.528. The Bertz CT molecular complexity index is 869. The molecule has 1 N–H and O–H groups in total. The summed E-state index contributed by atoms with van der Waals surface area (Å²) in [6.45, 7) is 0. The SMILES string of the molecule is c1ccc2c(-c3cnc4[nH]ccc4c3)cccc2c1. The number of hydrogen-bond acceptors (Lipinski definition) is 1. The zero-order chi connectivity index (χ0) is 12.7. The van der Waals surface area contributed by atoms with Crippen LogP contribution >= 0.6 is 0 Å². The van der Waals surface area contributed by atoms with Gasteiger partial charge < -0.3 is 4.98 Å². The zero-order valence-electron chi connectivity index (χ0n) is 10.3. The summed E-state index contributed by atoms with van der Waals surface area (Å²) in [6.07, 6.45) is 3.85. The molecule has 0 fully saturated rings. The third-order valence-corrected chi connectivity index (χ3v) is 3.50. The Morgan fingerprint density at radius 1 is 0.842 bits per heavy atom. The second-order valence-corrected chi connectivity index (χ2v) is 4.67. The van der Waals surface area contributed by atoms with Crippen molar-refractivity contribution in [2.75, 3.05) is 0 Å². The Balaban J connectivity index is 2.03. The van der Waals surface area contributed by atoms with Crippen LogP contribution in [0.25, 0.3) is 32.9 Å². The molecule has 0 aliphatic rings. The van der Waals surface area contributed by atoms with Gasteiger partial charge in [0.05, 0.1) is 0 Å². The minimum absolute atomic E-state index is 0.934. The van der Waals surface area contributed by atoms with Crippen LogP contribution in [0.3, 0.4) is 0 Å². The van der Waals surface area contributed by atoms with Crippen LogP contribution in [0.1, 0.15) is 0 Å². The summed E-state index contributed by atoms with van der Waals surface area (Å²) in [6, 6.07) is 19.1. The highest BCUT2D eigenvalue weighted by Crippen LogP contribution is 2.29. The average Bonchev–Trinajstić information content (AvgIpc) is 2.94. The van der Waals surface area contributed by atoms with Crippen LogP contribution in [-0.2, 0) is 0 Å². The Kier molecular flexibility index (Phi) is 2.15. The Hall–Kier alpha value is -2.61. The van der Waals surface area contributed by atoms with Gasteiger partial charge in [0.15, 0.2) is 0 Å². The first-order chi connectivity index (χ1) is 9.42. The van der Waals surface area contributed by atoms with Crippen LogP contribution in [-0.4, -0.2) is 9.97 Å². The summed E-state index contributed by atoms with van der Waals surface area (Å²) >= 11 is 0. The molecule has 0 spiro atoms. The minimum atomic E-state index is 0.934. The van der Waals surface area contributed by atoms with Gasteiger partial charge >= 0.3 is 0 Å². The highest BCUT2D eigenvalue weighted by Gasteiger charge is 2.05. The number of nitrogens with zero attached hydrogens (tertiary/aromatic N) is 1. The molecule has 2 aromatic heterocycles. The Morgan fingerprint density at radius 2 is 1.74 bits per heavy atom. The molecule has 0 bridgehead atoms. The molecule has 2 nitrogen and oxygen atoms in total. The van der Waals surface area contributed by atoms with E-state index in [-0.39, 0.29) is 0 Å². The summed E-state index contributed by atoms with van der Waals surface area (Å²) < 4.78 is 0. The maximum absolute atomic E-state index is 4.47. The number of aromatic amines is 1. The number of hydrogen-bond donors (Lipinski definition) is 1. The fourth-order valence-corrected chi connectivity index (χ4v) is 2.56. The molecule has 0 aliphatic heterocycles. The van der Waals surface area contributed by atoms with Crippen LogP contribution in [0.5, 0.6) is 0 Å². The van der Waals surface area contributed by atoms with Gasteiger partial charge in [0.2, 0.25) is 0 Å². The van der Waals surface area contributed by atoms with Crippen molar-refractivity contribution in [1.29, 1.82) is 0 Å². The van der Waals surface area contributed by atoms with E-state index in [0.717, 1.165) is 16.6 Å². The highest BCUT2D eigenvalue weighted by atomic mass is 14.8. The van der Waals surface area contributed by atoms with Crippen LogP contribution in [0.2, 0.25) is 0 Å². The van der Waals surface area contributed by atoms with Gasteiger partial charge in [-0.1, -0.05) is 42.5 Å². The first-order valence-corrected chi connectivity index (χ1v) is 6.33. The lowest BCUT2D eigenvalue weighted by molar-refractivity contribution is 1.33. The van der Waals surface area contributed by atoms with Crippen molar-refractivity contribution in [2.24, 2.45) is 0 Å². The zero-order valence-corrected chi connectivity index (χ0v) is 10.3. The van der Waals surface area contributed by atoms with Crippen LogP contribution in [0.4, 0.5) is 0 Å². The number of pyridine rings is 1. The molecule has 2 aromatic carbocycles. The maximum atomic E-state index is 4.47. The predicted octanol–water partition coefficient (Wildman–Crippen LogP) is 4.38. The first-order valence-electron chi connectivity index (χ1n) is 6.33. The molecule has 0 saturated carbocycles. The van der Waals surface area contributed by atoms with E-state index < -0.39 is 0 Å². The van der Waals surface area contributed by atoms with Gasteiger partial charge in [-0.05, 0) is 28.5 Å². The molecular formula is C17H12N2. The van der Waals surface area contributed by atoms with Crippen molar-refractivity contribution in [1.82, 2.24) is 9.97 Å². The van der Waals surface area contributed by atoms with E-state index in [9.17, 15) is 0 Å². The lowest BCUT2D eigenvalue weighted by Gasteiger charge is -2.06. The van der Waals surface area contributed by atoms with Crippen molar-refractivity contribution >= 4 is 21.8 Å². The molecule has 0 unspecified atom stereocenters. The van der Waals surface area contributed by atoms with E-state index in [0.29, 0.717) is 0 Å². The molecule has 2 heteroatoms. The van der Waals surface area contributed by atoms with Crippen molar-refractivity contribution in [3.8, 4) is 11.1 Å². The van der Waals surface area contributed by atoms with E-state index in [1.807, 2.05) is 12.4 Å². The van der Waals surface area contributed by atoms with E-state index in [2.05, 4.69) is 64.6 Å². The molecule has 4 aromatic rings. The van der Waals surface area contributed by atoms with Crippen LogP contribution in [0, 0.1) is 0 Å². The summed E-state index contributed by atoms with van der Waals surface area (Å²) in [5, 5.41) is 3.67. The van der Waals surface area contributed by atoms with Gasteiger partial charge in [-0.15, -0.1) is 0 Å². The fourth-order valence-electron chi connectivity index (χ4n) is 2.56. The molecule has 0 amide bonds. The Labute approximate surface area is 110 Å². The van der Waals surface area contributed by atoms with Crippen molar-refractivity contribution in [3.63, 3.8) is 0 Å². The van der Waals surface area contributed by atoms with E-state index in [1.165, 1.54) is 16.3 Å². The topological polar surface area (TPSA) is 28.7 Å². The van der Waals surface area contributed by atoms with Gasteiger partial charge in [0.1, 0.15) is 5.65 Å². The molecule has 19 heavy (non-hydrogen) atoms. The van der Waals surface area contributed by atoms with Crippen LogP contribution in [0.15, 0.2) is 67.0 Å². The van der Waals surface area contributed by atoms with Crippen molar-refractivity contribution in [3.05, 3.63) is 67.0 Å². The highest BCUT2D eigenvalue weighted by molar-refractivity contribution is 5.97. The number of benzene rings is 2. The van der Waals surface area contributed by atoms with Crippen molar-refractivity contribution in [2.45, 2.75) is 0 Å². The third kappa shape index (κ3) is 1.61. The summed E-state index contributed by atoms with van der Waals surface area (Å²) in [4.78, 5) is 7.59. The average molecular weight is 244 g/mol. The standard InChI is InChI=1S/C17H12N2/c1-2-6-15-12(4-1)5-3-7-16(15)14-10-13-8-9-18-17(13)19-11-14/h1-11H,(H,18,19). The summed E-state index contributed by atoms with van der Waals surface area (Å²) in [5.74, 6) is 0. The molecule has 2 heterocycles. The molecule has 0 aliphatic carbocycles. The second-order valence-electron chi connectivity index (χ2n) is 4.67. The molecule has 0 radical (unpaired) electrons. The van der Waals surface area contributed by atoms with Crippen molar-refractivity contribution < 1.29 is 0 Å². The van der Waals surface area contributed by atoms with E-state index >= 15 is 0 Å². The molecule has 0 saturated heterocycles. The monoisotopic (exact) mass is 244 g/mol. The minimum Gasteiger partial charge on any atom is -0.346 e. The number of H-pyrrole nitrogens is 1. The van der Waals surface area contributed by atoms with Crippen LogP contribution < -0.4 is 0 Å². The number of nitrogens with one attached hydrogen (secondary N) is 1. The summed E-state index contributed by atoms with van der Waals surface area (Å²) in [7, 11) is 0. The molecule has 90 valence electrons. The van der Waals surface area contributed by atoms with E-state index in [1.54, 1.807) is 0 Å². The Morgan fingerprint density at radius 3 is 2.74 bits per heavy atom. The third-order valence-electron chi connectivity index (χ3n) is 3.50. The maximum Gasteiger partial charge on any atom is 0.137 e. The number of fused-ring (bicyclic) bond motifs is 2. The normalized spacial score (nSPS) is 11.2. The molecular weight excluding hydrogens is 232 g/mol. The van der Waals surface area contributed by atoms with E-state index in [4.69, 9.17) is 0 Å². The summed E-state index contributed by atoms with van der Waals surface area (Å²) in [5.41, 5.74) is 3.32.